The predicted molar refractivity (Wildman–Crippen MR) is 109 cm³/mol. The summed E-state index contributed by atoms with van der Waals surface area (Å²) in [4.78, 5) is 12.5. The second-order valence-electron chi connectivity index (χ2n) is 7.03. The van der Waals surface area contributed by atoms with Gasteiger partial charge in [0.2, 0.25) is 6.79 Å². The third-order valence-corrected chi connectivity index (χ3v) is 4.73. The van der Waals surface area contributed by atoms with E-state index in [4.69, 9.17) is 9.47 Å². The molecule has 4 rings (SSSR count). The first kappa shape index (κ1) is 19.7. The molecule has 2 amide bonds. The maximum atomic E-state index is 13.4. The summed E-state index contributed by atoms with van der Waals surface area (Å²) >= 11 is 0. The van der Waals surface area contributed by atoms with Crippen molar-refractivity contribution in [2.24, 2.45) is 0 Å². The van der Waals surface area contributed by atoms with Crippen LogP contribution < -0.4 is 20.1 Å². The summed E-state index contributed by atoms with van der Waals surface area (Å²) in [5, 5.41) is 5.57. The van der Waals surface area contributed by atoms with Crippen molar-refractivity contribution in [3.05, 3.63) is 89.5 Å². The summed E-state index contributed by atoms with van der Waals surface area (Å²) < 4.78 is 37.4. The van der Waals surface area contributed by atoms with Crippen molar-refractivity contribution < 1.29 is 23.0 Å². The van der Waals surface area contributed by atoms with E-state index in [2.05, 4.69) is 10.6 Å². The van der Waals surface area contributed by atoms with Gasteiger partial charge in [0.1, 0.15) is 11.6 Å². The average molecular weight is 410 g/mol. The van der Waals surface area contributed by atoms with Crippen LogP contribution >= 0.6 is 0 Å². The molecule has 7 heteroatoms. The zero-order valence-electron chi connectivity index (χ0n) is 16.0. The fourth-order valence-electron chi connectivity index (χ4n) is 3.35. The van der Waals surface area contributed by atoms with Gasteiger partial charge >= 0.3 is 6.03 Å². The Morgan fingerprint density at radius 3 is 2.40 bits per heavy atom. The minimum Gasteiger partial charge on any atom is -0.454 e. The van der Waals surface area contributed by atoms with Crippen molar-refractivity contribution in [1.82, 2.24) is 5.32 Å². The molecular weight excluding hydrogens is 390 g/mol. The lowest BCUT2D eigenvalue weighted by atomic mass is 9.98. The number of carbonyl (C=O) groups is 1. The molecule has 30 heavy (non-hydrogen) atoms. The van der Waals surface area contributed by atoms with Crippen molar-refractivity contribution in [2.45, 2.75) is 18.9 Å². The SMILES string of the molecule is O=C(Nc1cccc(F)c1)N[C@H](Cc1ccc(F)cc1)Cc1ccc2c(c1)OCO2. The number of amides is 2. The number of rotatable bonds is 6. The molecule has 0 aromatic heterocycles. The Labute approximate surface area is 172 Å². The largest absolute Gasteiger partial charge is 0.454 e. The molecule has 0 saturated heterocycles. The molecule has 1 aliphatic heterocycles. The molecule has 0 unspecified atom stereocenters. The number of urea groups is 1. The van der Waals surface area contributed by atoms with Crippen LogP contribution in [0.1, 0.15) is 11.1 Å². The second-order valence-corrected chi connectivity index (χ2v) is 7.03. The van der Waals surface area contributed by atoms with Crippen LogP contribution in [0.4, 0.5) is 19.3 Å². The van der Waals surface area contributed by atoms with Crippen LogP contribution in [0.5, 0.6) is 11.5 Å². The molecule has 0 aliphatic carbocycles. The van der Waals surface area contributed by atoms with Gasteiger partial charge in [0.05, 0.1) is 0 Å². The number of nitrogens with one attached hydrogen (secondary N) is 2. The highest BCUT2D eigenvalue weighted by Crippen LogP contribution is 2.33. The molecule has 0 bridgehead atoms. The number of halogens is 2. The van der Waals surface area contributed by atoms with E-state index in [1.807, 2.05) is 18.2 Å². The molecule has 0 spiro atoms. The number of fused-ring (bicyclic) bond motifs is 1. The molecule has 1 aliphatic rings. The van der Waals surface area contributed by atoms with E-state index in [9.17, 15) is 13.6 Å². The molecule has 1 atom stereocenters. The Morgan fingerprint density at radius 1 is 0.867 bits per heavy atom. The van der Waals surface area contributed by atoms with Crippen LogP contribution in [0.3, 0.4) is 0 Å². The summed E-state index contributed by atoms with van der Waals surface area (Å²) in [7, 11) is 0. The quantitative estimate of drug-likeness (QED) is 0.621. The van der Waals surface area contributed by atoms with Gasteiger partial charge in [-0.15, -0.1) is 0 Å². The molecule has 3 aromatic carbocycles. The topological polar surface area (TPSA) is 59.6 Å². The molecule has 154 valence electrons. The number of carbonyl (C=O) groups excluding carboxylic acids is 1. The zero-order chi connectivity index (χ0) is 20.9. The third-order valence-electron chi connectivity index (χ3n) is 4.73. The fraction of sp³-hybridized carbons (Fsp3) is 0.174. The number of hydrogen-bond donors (Lipinski definition) is 2. The van der Waals surface area contributed by atoms with Gasteiger partial charge < -0.3 is 20.1 Å². The Hall–Kier alpha value is -3.61. The van der Waals surface area contributed by atoms with Gasteiger partial charge in [-0.25, -0.2) is 13.6 Å². The summed E-state index contributed by atoms with van der Waals surface area (Å²) in [6, 6.07) is 16.7. The average Bonchev–Trinajstić information content (AvgIpc) is 3.17. The minimum atomic E-state index is -0.451. The molecule has 2 N–H and O–H groups in total. The van der Waals surface area contributed by atoms with Gasteiger partial charge in [0.15, 0.2) is 11.5 Å². The van der Waals surface area contributed by atoms with Gasteiger partial charge in [-0.05, 0) is 66.4 Å². The number of anilines is 1. The van der Waals surface area contributed by atoms with Gasteiger partial charge in [0, 0.05) is 11.7 Å². The van der Waals surface area contributed by atoms with Crippen molar-refractivity contribution in [1.29, 1.82) is 0 Å². The Balaban J connectivity index is 1.48. The Morgan fingerprint density at radius 2 is 1.60 bits per heavy atom. The molecule has 0 radical (unpaired) electrons. The van der Waals surface area contributed by atoms with Crippen LogP contribution in [0.25, 0.3) is 0 Å². The standard InChI is InChI=1S/C23H20F2N2O3/c24-17-7-4-15(5-8-17)10-20(11-16-6-9-21-22(12-16)30-14-29-21)27-23(28)26-19-3-1-2-18(25)13-19/h1-9,12-13,20H,10-11,14H2,(H2,26,27,28)/t20-/m1/s1. The van der Waals surface area contributed by atoms with E-state index in [0.717, 1.165) is 11.1 Å². The molecule has 0 saturated carbocycles. The first-order chi connectivity index (χ1) is 14.5. The first-order valence-corrected chi connectivity index (χ1v) is 9.51. The lowest BCUT2D eigenvalue weighted by Gasteiger charge is -2.20. The van der Waals surface area contributed by atoms with Crippen molar-refractivity contribution in [3.63, 3.8) is 0 Å². The molecule has 5 nitrogen and oxygen atoms in total. The van der Waals surface area contributed by atoms with Crippen LogP contribution in [0.2, 0.25) is 0 Å². The van der Waals surface area contributed by atoms with Gasteiger partial charge in [0.25, 0.3) is 0 Å². The summed E-state index contributed by atoms with van der Waals surface area (Å²) in [6.45, 7) is 0.187. The first-order valence-electron chi connectivity index (χ1n) is 9.51. The number of ether oxygens (including phenoxy) is 2. The maximum absolute atomic E-state index is 13.4. The van der Waals surface area contributed by atoms with Crippen molar-refractivity contribution in [2.75, 3.05) is 12.1 Å². The number of benzene rings is 3. The minimum absolute atomic E-state index is 0.187. The van der Waals surface area contributed by atoms with E-state index in [0.29, 0.717) is 30.0 Å². The fourth-order valence-corrected chi connectivity index (χ4v) is 3.35. The van der Waals surface area contributed by atoms with Crippen LogP contribution in [-0.2, 0) is 12.8 Å². The van der Waals surface area contributed by atoms with Crippen LogP contribution in [0, 0.1) is 11.6 Å². The third kappa shape index (κ3) is 5.05. The van der Waals surface area contributed by atoms with E-state index < -0.39 is 11.8 Å². The van der Waals surface area contributed by atoms with Crippen LogP contribution in [-0.4, -0.2) is 18.9 Å². The van der Waals surface area contributed by atoms with Crippen molar-refractivity contribution in [3.8, 4) is 11.5 Å². The van der Waals surface area contributed by atoms with Gasteiger partial charge in [-0.2, -0.15) is 0 Å². The molecular formula is C23H20F2N2O3. The van der Waals surface area contributed by atoms with E-state index in [1.165, 1.54) is 30.3 Å². The summed E-state index contributed by atoms with van der Waals surface area (Å²) in [6.07, 6.45) is 1.01. The van der Waals surface area contributed by atoms with Gasteiger partial charge in [-0.3, -0.25) is 0 Å². The number of hydrogen-bond acceptors (Lipinski definition) is 3. The molecule has 1 heterocycles. The van der Waals surface area contributed by atoms with Crippen molar-refractivity contribution >= 4 is 11.7 Å². The van der Waals surface area contributed by atoms with Crippen LogP contribution in [0.15, 0.2) is 66.7 Å². The summed E-state index contributed by atoms with van der Waals surface area (Å²) in [5.74, 6) is 0.599. The predicted octanol–water partition coefficient (Wildman–Crippen LogP) is 4.67. The van der Waals surface area contributed by atoms with E-state index in [1.54, 1.807) is 18.2 Å². The highest BCUT2D eigenvalue weighted by atomic mass is 19.1. The lowest BCUT2D eigenvalue weighted by Crippen LogP contribution is -2.40. The summed E-state index contributed by atoms with van der Waals surface area (Å²) in [5.41, 5.74) is 2.20. The Kier molecular flexibility index (Phi) is 5.79. The Bertz CT molecular complexity index is 1040. The normalized spacial score (nSPS) is 13.0. The monoisotopic (exact) mass is 410 g/mol. The second kappa shape index (κ2) is 8.82. The van der Waals surface area contributed by atoms with Gasteiger partial charge in [-0.1, -0.05) is 24.3 Å². The van der Waals surface area contributed by atoms with E-state index in [-0.39, 0.29) is 18.7 Å². The molecule has 0 fully saturated rings. The smallest absolute Gasteiger partial charge is 0.319 e. The highest BCUT2D eigenvalue weighted by molar-refractivity contribution is 5.89. The highest BCUT2D eigenvalue weighted by Gasteiger charge is 2.18. The molecule has 3 aromatic rings. The lowest BCUT2D eigenvalue weighted by molar-refractivity contribution is 0.174. The zero-order valence-corrected chi connectivity index (χ0v) is 16.0. The maximum Gasteiger partial charge on any atom is 0.319 e. The van der Waals surface area contributed by atoms with E-state index >= 15 is 0 Å².